The van der Waals surface area contributed by atoms with Crippen LogP contribution in [0.2, 0.25) is 0 Å². The maximum atomic E-state index is 11.7. The third kappa shape index (κ3) is 2.81. The Morgan fingerprint density at radius 2 is 1.88 bits per heavy atom. The van der Waals surface area contributed by atoms with E-state index in [0.29, 0.717) is 13.1 Å². The molecule has 6 nitrogen and oxygen atoms in total. The van der Waals surface area contributed by atoms with Crippen LogP contribution in [0.15, 0.2) is 0 Å². The second-order valence-electron chi connectivity index (χ2n) is 4.55. The summed E-state index contributed by atoms with van der Waals surface area (Å²) in [6.45, 7) is 2.95. The first-order valence-electron chi connectivity index (χ1n) is 6.09. The van der Waals surface area contributed by atoms with E-state index < -0.39 is 0 Å². The highest BCUT2D eigenvalue weighted by atomic mass is 16.5. The number of piperidine rings is 1. The highest BCUT2D eigenvalue weighted by molar-refractivity contribution is 5.75. The number of likely N-dealkylation sites (tertiary alicyclic amines) is 2. The second-order valence-corrected chi connectivity index (χ2v) is 4.55. The molecule has 6 heteroatoms. The van der Waals surface area contributed by atoms with Crippen molar-refractivity contribution in [3.8, 4) is 0 Å². The van der Waals surface area contributed by atoms with E-state index >= 15 is 0 Å². The topological polar surface area (TPSA) is 61.9 Å². The van der Waals surface area contributed by atoms with Crippen molar-refractivity contribution >= 4 is 12.1 Å². The summed E-state index contributed by atoms with van der Waals surface area (Å²) in [6, 6.07) is 0.0453. The Balaban J connectivity index is 1.80. The highest BCUT2D eigenvalue weighted by Crippen LogP contribution is 2.12. The van der Waals surface area contributed by atoms with Gasteiger partial charge in [0.2, 0.25) is 0 Å². The third-order valence-electron chi connectivity index (χ3n) is 3.33. The third-order valence-corrected chi connectivity index (χ3v) is 3.33. The molecule has 0 saturated carbocycles. The van der Waals surface area contributed by atoms with Crippen molar-refractivity contribution in [2.24, 2.45) is 0 Å². The zero-order valence-electron chi connectivity index (χ0n) is 10.1. The van der Waals surface area contributed by atoms with E-state index in [1.54, 1.807) is 9.80 Å². The van der Waals surface area contributed by atoms with Crippen molar-refractivity contribution in [1.29, 1.82) is 0 Å². The van der Waals surface area contributed by atoms with E-state index in [1.165, 1.54) is 7.11 Å². The predicted molar refractivity (Wildman–Crippen MR) is 61.7 cm³/mol. The van der Waals surface area contributed by atoms with Gasteiger partial charge in [-0.05, 0) is 19.3 Å². The number of amides is 3. The molecule has 2 aliphatic rings. The first-order valence-corrected chi connectivity index (χ1v) is 6.09. The second kappa shape index (κ2) is 5.25. The van der Waals surface area contributed by atoms with Crippen molar-refractivity contribution < 1.29 is 14.3 Å². The SMILES string of the molecule is COC(=O)N1CCC[C@@H](NC(=O)N2CCC2)C1. The molecule has 0 unspecified atom stereocenters. The van der Waals surface area contributed by atoms with Gasteiger partial charge in [-0.1, -0.05) is 0 Å². The van der Waals surface area contributed by atoms with E-state index in [4.69, 9.17) is 0 Å². The zero-order chi connectivity index (χ0) is 12.3. The van der Waals surface area contributed by atoms with Gasteiger partial charge in [0.1, 0.15) is 0 Å². The number of hydrogen-bond donors (Lipinski definition) is 1. The maximum absolute atomic E-state index is 11.7. The molecule has 3 amide bonds. The molecular weight excluding hydrogens is 222 g/mol. The first-order chi connectivity index (χ1) is 8.20. The Kier molecular flexibility index (Phi) is 3.71. The summed E-state index contributed by atoms with van der Waals surface area (Å²) < 4.78 is 4.69. The van der Waals surface area contributed by atoms with Gasteiger partial charge in [-0.25, -0.2) is 9.59 Å². The lowest BCUT2D eigenvalue weighted by Gasteiger charge is -2.36. The summed E-state index contributed by atoms with van der Waals surface area (Å²) in [5, 5.41) is 2.97. The Morgan fingerprint density at radius 3 is 2.47 bits per heavy atom. The minimum absolute atomic E-state index is 0.00651. The molecule has 0 aliphatic carbocycles. The standard InChI is InChI=1S/C11H19N3O3/c1-17-11(16)14-5-2-4-9(8-14)12-10(15)13-6-3-7-13/h9H,2-8H2,1H3,(H,12,15)/t9-/m1/s1. The summed E-state index contributed by atoms with van der Waals surface area (Å²) in [5.41, 5.74) is 0. The van der Waals surface area contributed by atoms with Crippen LogP contribution in [0, 0.1) is 0 Å². The van der Waals surface area contributed by atoms with Crippen LogP contribution in [-0.4, -0.2) is 61.3 Å². The lowest BCUT2D eigenvalue weighted by atomic mass is 10.1. The summed E-state index contributed by atoms with van der Waals surface area (Å²) in [6.07, 6.45) is 2.60. The van der Waals surface area contributed by atoms with Crippen molar-refractivity contribution in [2.75, 3.05) is 33.3 Å². The van der Waals surface area contributed by atoms with Crippen LogP contribution < -0.4 is 5.32 Å². The quantitative estimate of drug-likeness (QED) is 0.732. The molecule has 0 radical (unpaired) electrons. The zero-order valence-corrected chi connectivity index (χ0v) is 10.1. The van der Waals surface area contributed by atoms with Gasteiger partial charge < -0.3 is 19.9 Å². The number of ether oxygens (including phenoxy) is 1. The average Bonchev–Trinajstić information content (AvgIpc) is 2.26. The minimum Gasteiger partial charge on any atom is -0.453 e. The van der Waals surface area contributed by atoms with Crippen LogP contribution in [0.1, 0.15) is 19.3 Å². The van der Waals surface area contributed by atoms with Crippen LogP contribution in [0.3, 0.4) is 0 Å². The molecule has 0 bridgehead atoms. The molecule has 2 fully saturated rings. The van der Waals surface area contributed by atoms with Gasteiger partial charge in [0.15, 0.2) is 0 Å². The number of carbonyl (C=O) groups is 2. The fourth-order valence-electron chi connectivity index (χ4n) is 2.18. The fraction of sp³-hybridized carbons (Fsp3) is 0.818. The normalized spacial score (nSPS) is 23.9. The Hall–Kier alpha value is -1.46. The Morgan fingerprint density at radius 1 is 1.18 bits per heavy atom. The smallest absolute Gasteiger partial charge is 0.409 e. The molecule has 2 saturated heterocycles. The average molecular weight is 241 g/mol. The molecule has 1 N–H and O–H groups in total. The van der Waals surface area contributed by atoms with Gasteiger partial charge in [0.25, 0.3) is 0 Å². The largest absolute Gasteiger partial charge is 0.453 e. The van der Waals surface area contributed by atoms with Crippen LogP contribution in [0.5, 0.6) is 0 Å². The lowest BCUT2D eigenvalue weighted by molar-refractivity contribution is 0.105. The van der Waals surface area contributed by atoms with Crippen LogP contribution >= 0.6 is 0 Å². The van der Waals surface area contributed by atoms with Crippen LogP contribution in [0.25, 0.3) is 0 Å². The van der Waals surface area contributed by atoms with Crippen molar-refractivity contribution in [2.45, 2.75) is 25.3 Å². The number of urea groups is 1. The molecule has 0 aromatic carbocycles. The number of nitrogens with one attached hydrogen (secondary N) is 1. The van der Waals surface area contributed by atoms with E-state index in [0.717, 1.165) is 32.4 Å². The van der Waals surface area contributed by atoms with Crippen LogP contribution in [-0.2, 0) is 4.74 Å². The van der Waals surface area contributed by atoms with Gasteiger partial charge in [0.05, 0.1) is 7.11 Å². The summed E-state index contributed by atoms with van der Waals surface area (Å²) in [5.74, 6) is 0. The molecule has 2 aliphatic heterocycles. The van der Waals surface area contributed by atoms with Gasteiger partial charge in [0, 0.05) is 32.2 Å². The van der Waals surface area contributed by atoms with Crippen LogP contribution in [0.4, 0.5) is 9.59 Å². The lowest BCUT2D eigenvalue weighted by Crippen LogP contribution is -2.55. The number of carbonyl (C=O) groups excluding carboxylic acids is 2. The monoisotopic (exact) mass is 241 g/mol. The van der Waals surface area contributed by atoms with Crippen molar-refractivity contribution in [3.05, 3.63) is 0 Å². The van der Waals surface area contributed by atoms with E-state index in [2.05, 4.69) is 10.1 Å². The number of nitrogens with zero attached hydrogens (tertiary/aromatic N) is 2. The molecule has 0 aromatic heterocycles. The molecule has 96 valence electrons. The Bertz CT molecular complexity index is 304. The summed E-state index contributed by atoms with van der Waals surface area (Å²) >= 11 is 0. The number of rotatable bonds is 1. The first kappa shape index (κ1) is 12.0. The van der Waals surface area contributed by atoms with Crippen molar-refractivity contribution in [1.82, 2.24) is 15.1 Å². The summed E-state index contributed by atoms with van der Waals surface area (Å²) in [7, 11) is 1.38. The minimum atomic E-state index is -0.312. The molecular formula is C11H19N3O3. The highest BCUT2D eigenvalue weighted by Gasteiger charge is 2.27. The van der Waals surface area contributed by atoms with Gasteiger partial charge >= 0.3 is 12.1 Å². The van der Waals surface area contributed by atoms with Crippen molar-refractivity contribution in [3.63, 3.8) is 0 Å². The van der Waals surface area contributed by atoms with Gasteiger partial charge in [-0.15, -0.1) is 0 Å². The van der Waals surface area contributed by atoms with E-state index in [9.17, 15) is 9.59 Å². The summed E-state index contributed by atoms with van der Waals surface area (Å²) in [4.78, 5) is 26.5. The van der Waals surface area contributed by atoms with E-state index in [-0.39, 0.29) is 18.2 Å². The number of methoxy groups -OCH3 is 1. The fourth-order valence-corrected chi connectivity index (χ4v) is 2.18. The van der Waals surface area contributed by atoms with E-state index in [1.807, 2.05) is 0 Å². The molecule has 0 spiro atoms. The predicted octanol–water partition coefficient (Wildman–Crippen LogP) is 0.632. The molecule has 1 atom stereocenters. The molecule has 17 heavy (non-hydrogen) atoms. The molecule has 2 heterocycles. The molecule has 0 aromatic rings. The molecule has 2 rings (SSSR count). The Labute approximate surface area is 101 Å². The number of hydrogen-bond acceptors (Lipinski definition) is 3. The van der Waals surface area contributed by atoms with Gasteiger partial charge in [-0.3, -0.25) is 0 Å². The maximum Gasteiger partial charge on any atom is 0.409 e. The van der Waals surface area contributed by atoms with Gasteiger partial charge in [-0.2, -0.15) is 0 Å².